The first-order valence-corrected chi connectivity index (χ1v) is 5.48. The van der Waals surface area contributed by atoms with Crippen LogP contribution in [0.25, 0.3) is 11.2 Å². The Morgan fingerprint density at radius 3 is 3.00 bits per heavy atom. The van der Waals surface area contributed by atoms with Crippen molar-refractivity contribution in [1.82, 2.24) is 19.5 Å². The van der Waals surface area contributed by atoms with Crippen molar-refractivity contribution in [1.29, 1.82) is 0 Å². The second-order valence-corrected chi connectivity index (χ2v) is 4.10. The van der Waals surface area contributed by atoms with E-state index in [1.54, 1.807) is 0 Å². The first kappa shape index (κ1) is 11.5. The molecule has 8 heteroatoms. The molecule has 0 spiro atoms. The molecule has 0 aromatic carbocycles. The summed E-state index contributed by atoms with van der Waals surface area (Å²) >= 11 is 0. The third kappa shape index (κ3) is 1.65. The molecule has 3 rings (SSSR count). The van der Waals surface area contributed by atoms with Crippen LogP contribution in [0.2, 0.25) is 0 Å². The van der Waals surface area contributed by atoms with E-state index in [9.17, 15) is 9.50 Å². The Morgan fingerprint density at radius 2 is 2.28 bits per heavy atom. The predicted octanol–water partition coefficient (Wildman–Crippen LogP) is -0.394. The highest BCUT2D eigenvalue weighted by Crippen LogP contribution is 2.30. The van der Waals surface area contributed by atoms with Crippen LogP contribution in [0.5, 0.6) is 0 Å². The van der Waals surface area contributed by atoms with Crippen molar-refractivity contribution in [3.05, 3.63) is 18.6 Å². The molecule has 18 heavy (non-hydrogen) atoms. The summed E-state index contributed by atoms with van der Waals surface area (Å²) in [5, 5.41) is 18.7. The van der Waals surface area contributed by atoms with Gasteiger partial charge in [-0.25, -0.2) is 15.0 Å². The zero-order chi connectivity index (χ0) is 12.7. The van der Waals surface area contributed by atoms with E-state index in [0.29, 0.717) is 12.1 Å². The molecule has 7 nitrogen and oxygen atoms in total. The average molecular weight is 254 g/mol. The van der Waals surface area contributed by atoms with Crippen LogP contribution in [0.3, 0.4) is 0 Å². The fourth-order valence-corrected chi connectivity index (χ4v) is 2.08. The summed E-state index contributed by atoms with van der Waals surface area (Å²) in [6, 6.07) is 0. The van der Waals surface area contributed by atoms with Gasteiger partial charge in [-0.3, -0.25) is 4.57 Å². The maximum Gasteiger partial charge on any atom is 0.244 e. The Bertz CT molecular complexity index is 575. The summed E-state index contributed by atoms with van der Waals surface area (Å²) in [5.41, 5.74) is 0.362. The van der Waals surface area contributed by atoms with Gasteiger partial charge in [-0.2, -0.15) is 4.39 Å². The van der Waals surface area contributed by atoms with Crippen molar-refractivity contribution in [2.45, 2.75) is 24.9 Å². The largest absolute Gasteiger partial charge is 0.394 e. The third-order valence-corrected chi connectivity index (χ3v) is 3.01. The minimum absolute atomic E-state index is 0.0584. The lowest BCUT2D eigenvalue weighted by molar-refractivity contribution is -0.0432. The van der Waals surface area contributed by atoms with E-state index >= 15 is 0 Å². The molecule has 96 valence electrons. The summed E-state index contributed by atoms with van der Waals surface area (Å²) in [5.74, 6) is -0.698. The van der Waals surface area contributed by atoms with Crippen LogP contribution in [0.1, 0.15) is 12.6 Å². The quantitative estimate of drug-likeness (QED) is 0.709. The van der Waals surface area contributed by atoms with Gasteiger partial charge in [-0.15, -0.1) is 0 Å². The summed E-state index contributed by atoms with van der Waals surface area (Å²) in [7, 11) is 0. The molecule has 0 saturated carbocycles. The third-order valence-electron chi connectivity index (χ3n) is 3.01. The number of aliphatic hydroxyl groups excluding tert-OH is 2. The minimum atomic E-state index is -0.760. The van der Waals surface area contributed by atoms with Gasteiger partial charge in [0.1, 0.15) is 18.7 Å². The molecule has 0 aliphatic carbocycles. The zero-order valence-electron chi connectivity index (χ0n) is 9.27. The number of ether oxygens (including phenoxy) is 1. The first-order valence-electron chi connectivity index (χ1n) is 5.48. The summed E-state index contributed by atoms with van der Waals surface area (Å²) in [6.45, 7) is -0.270. The fourth-order valence-electron chi connectivity index (χ4n) is 2.08. The lowest BCUT2D eigenvalue weighted by atomic mass is 10.2. The molecule has 0 radical (unpaired) electrons. The molecule has 0 amide bonds. The number of aromatic nitrogens is 4. The Kier molecular flexibility index (Phi) is 2.69. The highest BCUT2D eigenvalue weighted by Gasteiger charge is 2.35. The highest BCUT2D eigenvalue weighted by atomic mass is 19.1. The maximum absolute atomic E-state index is 13.3. The molecule has 0 bridgehead atoms. The van der Waals surface area contributed by atoms with E-state index in [0.717, 1.165) is 6.33 Å². The molecule has 3 atom stereocenters. The number of rotatable bonds is 2. The average Bonchev–Trinajstić information content (AvgIpc) is 2.93. The van der Waals surface area contributed by atoms with Crippen molar-refractivity contribution in [2.24, 2.45) is 0 Å². The molecule has 1 saturated heterocycles. The number of aliphatic hydroxyl groups is 2. The number of imidazole rings is 1. The van der Waals surface area contributed by atoms with Crippen LogP contribution in [0.15, 0.2) is 12.7 Å². The molecule has 2 N–H and O–H groups in total. The Morgan fingerprint density at radius 1 is 1.44 bits per heavy atom. The van der Waals surface area contributed by atoms with Gasteiger partial charge < -0.3 is 14.9 Å². The van der Waals surface area contributed by atoms with E-state index in [2.05, 4.69) is 15.0 Å². The number of nitrogens with zero attached hydrogens (tertiary/aromatic N) is 4. The lowest BCUT2D eigenvalue weighted by Gasteiger charge is -2.13. The number of halogens is 1. The van der Waals surface area contributed by atoms with Crippen molar-refractivity contribution in [3.8, 4) is 0 Å². The van der Waals surface area contributed by atoms with Gasteiger partial charge >= 0.3 is 0 Å². The smallest absolute Gasteiger partial charge is 0.244 e. The molecular formula is C10H11FN4O3. The first-order chi connectivity index (χ1) is 8.70. The van der Waals surface area contributed by atoms with Crippen molar-refractivity contribution >= 4 is 11.2 Å². The van der Waals surface area contributed by atoms with Gasteiger partial charge in [0.2, 0.25) is 5.95 Å². The highest BCUT2D eigenvalue weighted by molar-refractivity contribution is 5.69. The van der Waals surface area contributed by atoms with Gasteiger partial charge in [0.25, 0.3) is 0 Å². The van der Waals surface area contributed by atoms with E-state index < -0.39 is 24.4 Å². The molecule has 1 aliphatic rings. The predicted molar refractivity (Wildman–Crippen MR) is 56.9 cm³/mol. The fraction of sp³-hybridized carbons (Fsp3) is 0.500. The monoisotopic (exact) mass is 254 g/mol. The minimum Gasteiger partial charge on any atom is -0.394 e. The standard InChI is InChI=1S/C10H11FN4O3/c11-9-8-10(13-3-12-9)15(4-14-8)7-1-5(17)6(2-16)18-7/h3-7,16-17H,1-2H2/t5-,6+,7+/m1/s1. The van der Waals surface area contributed by atoms with E-state index in [-0.39, 0.29) is 12.1 Å². The number of fused-ring (bicyclic) bond motifs is 1. The zero-order valence-corrected chi connectivity index (χ0v) is 9.27. The van der Waals surface area contributed by atoms with Gasteiger partial charge in [0, 0.05) is 6.42 Å². The Balaban J connectivity index is 1.99. The Hall–Kier alpha value is -1.64. The molecule has 2 aromatic rings. The van der Waals surface area contributed by atoms with E-state index in [1.807, 2.05) is 0 Å². The molecule has 3 heterocycles. The maximum atomic E-state index is 13.3. The topological polar surface area (TPSA) is 93.3 Å². The van der Waals surface area contributed by atoms with Crippen molar-refractivity contribution in [3.63, 3.8) is 0 Å². The SMILES string of the molecule is OC[C@@H]1O[C@H](n2cnc3c(F)ncnc32)C[C@H]1O. The number of hydrogen-bond donors (Lipinski definition) is 2. The van der Waals surface area contributed by atoms with Gasteiger partial charge in [0.05, 0.1) is 19.0 Å². The van der Waals surface area contributed by atoms with Gasteiger partial charge in [0.15, 0.2) is 11.2 Å². The van der Waals surface area contributed by atoms with Crippen LogP contribution in [-0.4, -0.2) is 48.5 Å². The van der Waals surface area contributed by atoms with E-state index in [1.165, 1.54) is 10.9 Å². The molecule has 1 fully saturated rings. The normalized spacial score (nSPS) is 28.1. The molecular weight excluding hydrogens is 243 g/mol. The second-order valence-electron chi connectivity index (χ2n) is 4.10. The lowest BCUT2D eigenvalue weighted by Crippen LogP contribution is -2.24. The Labute approximate surface area is 101 Å². The number of hydrogen-bond acceptors (Lipinski definition) is 6. The van der Waals surface area contributed by atoms with Crippen LogP contribution in [0, 0.1) is 5.95 Å². The summed E-state index contributed by atoms with van der Waals surface area (Å²) in [4.78, 5) is 11.2. The second kappa shape index (κ2) is 4.23. The summed E-state index contributed by atoms with van der Waals surface area (Å²) < 4.78 is 20.3. The van der Waals surface area contributed by atoms with Gasteiger partial charge in [-0.05, 0) is 0 Å². The molecule has 2 aromatic heterocycles. The van der Waals surface area contributed by atoms with Crippen molar-refractivity contribution < 1.29 is 19.3 Å². The van der Waals surface area contributed by atoms with E-state index in [4.69, 9.17) is 9.84 Å². The van der Waals surface area contributed by atoms with Crippen LogP contribution >= 0.6 is 0 Å². The molecule has 1 aliphatic heterocycles. The van der Waals surface area contributed by atoms with Crippen molar-refractivity contribution in [2.75, 3.05) is 6.61 Å². The molecule has 0 unspecified atom stereocenters. The van der Waals surface area contributed by atoms with Gasteiger partial charge in [-0.1, -0.05) is 0 Å². The van der Waals surface area contributed by atoms with Crippen LogP contribution in [-0.2, 0) is 4.74 Å². The van der Waals surface area contributed by atoms with Crippen LogP contribution < -0.4 is 0 Å². The van der Waals surface area contributed by atoms with Crippen LogP contribution in [0.4, 0.5) is 4.39 Å². The summed E-state index contributed by atoms with van der Waals surface area (Å²) in [6.07, 6.45) is 0.867.